The Kier molecular flexibility index (Phi) is 2.37. The Labute approximate surface area is 47.8 Å². The molecule has 0 rings (SSSR count). The quantitative estimate of drug-likeness (QED) is 0.290. The molecule has 6 heavy (non-hydrogen) atoms. The van der Waals surface area contributed by atoms with Gasteiger partial charge in [0.2, 0.25) is 0 Å². The average molecular weight is 121 g/mol. The molecule has 2 heteroatoms. The Morgan fingerprint density at radius 2 is 2.00 bits per heavy atom. The number of thiocarbonyl (C=S) groups is 1. The first-order valence-electron chi connectivity index (χ1n) is 1.50. The maximum absolute atomic E-state index is 5.24. The maximum Gasteiger partial charge on any atom is 0.106 e. The molecule has 0 saturated carbocycles. The largest absolute Gasteiger partial charge is 0.106 e. The van der Waals surface area contributed by atoms with Gasteiger partial charge in [0.05, 0.1) is 0 Å². The van der Waals surface area contributed by atoms with Gasteiger partial charge in [-0.1, -0.05) is 30.4 Å². The van der Waals surface area contributed by atoms with E-state index in [1.807, 2.05) is 0 Å². The lowest BCUT2D eigenvalue weighted by Crippen LogP contribution is -1.77. The Hall–Kier alpha value is 0.120. The van der Waals surface area contributed by atoms with E-state index in [0.717, 1.165) is 5.57 Å². The summed E-state index contributed by atoms with van der Waals surface area (Å²) in [6, 6.07) is 0. The van der Waals surface area contributed by atoms with Crippen LogP contribution in [0.15, 0.2) is 12.2 Å². The average Bonchev–Trinajstić information content (AvgIpc) is 1.36. The minimum atomic E-state index is 0.370. The van der Waals surface area contributed by atoms with Crippen LogP contribution in [0.4, 0.5) is 0 Å². The summed E-state index contributed by atoms with van der Waals surface area (Å²) in [6.45, 7) is 5.25. The van der Waals surface area contributed by atoms with Crippen LogP contribution < -0.4 is 0 Å². The van der Waals surface area contributed by atoms with Crippen molar-refractivity contribution in [3.63, 3.8) is 0 Å². The number of halogens is 1. The zero-order valence-electron chi connectivity index (χ0n) is 3.49. The lowest BCUT2D eigenvalue weighted by molar-refractivity contribution is 1.69. The van der Waals surface area contributed by atoms with Crippen LogP contribution in [0.2, 0.25) is 0 Å². The van der Waals surface area contributed by atoms with E-state index in [9.17, 15) is 0 Å². The molecule has 0 aliphatic rings. The highest BCUT2D eigenvalue weighted by atomic mass is 35.5. The molecule has 34 valence electrons. The highest BCUT2D eigenvalue weighted by Crippen LogP contribution is 1.95. The summed E-state index contributed by atoms with van der Waals surface area (Å²) in [5.41, 5.74) is 0.756. The van der Waals surface area contributed by atoms with E-state index in [4.69, 9.17) is 11.6 Å². The normalized spacial score (nSPS) is 7.67. The molecule has 0 aromatic carbocycles. The van der Waals surface area contributed by atoms with Crippen LogP contribution in [0.5, 0.6) is 0 Å². The summed E-state index contributed by atoms with van der Waals surface area (Å²) in [5.74, 6) is 0. The Balaban J connectivity index is 3.57. The minimum Gasteiger partial charge on any atom is -0.0938 e. The Bertz CT molecular complexity index is 73.5. The van der Waals surface area contributed by atoms with Gasteiger partial charge in [-0.3, -0.25) is 0 Å². The van der Waals surface area contributed by atoms with Gasteiger partial charge in [0.25, 0.3) is 0 Å². The van der Waals surface area contributed by atoms with E-state index in [1.54, 1.807) is 6.92 Å². The van der Waals surface area contributed by atoms with Gasteiger partial charge in [-0.2, -0.15) is 0 Å². The minimum absolute atomic E-state index is 0.370. The molecule has 0 amide bonds. The van der Waals surface area contributed by atoms with Gasteiger partial charge < -0.3 is 0 Å². The SMILES string of the molecule is C=C(C)C(=S)Cl. The molecule has 0 heterocycles. The van der Waals surface area contributed by atoms with E-state index in [0.29, 0.717) is 4.32 Å². The van der Waals surface area contributed by atoms with Crippen molar-refractivity contribution in [3.8, 4) is 0 Å². The van der Waals surface area contributed by atoms with Crippen LogP contribution in [-0.4, -0.2) is 4.32 Å². The highest BCUT2D eigenvalue weighted by molar-refractivity contribution is 7.83. The lowest BCUT2D eigenvalue weighted by atomic mass is 10.4. The molecular weight excluding hydrogens is 116 g/mol. The van der Waals surface area contributed by atoms with Crippen molar-refractivity contribution in [1.82, 2.24) is 0 Å². The second-order valence-corrected chi connectivity index (χ2v) is 2.06. The van der Waals surface area contributed by atoms with Crippen LogP contribution in [0, 0.1) is 0 Å². The van der Waals surface area contributed by atoms with Crippen molar-refractivity contribution in [2.45, 2.75) is 6.92 Å². The highest BCUT2D eigenvalue weighted by Gasteiger charge is 1.83. The van der Waals surface area contributed by atoms with E-state index < -0.39 is 0 Å². The lowest BCUT2D eigenvalue weighted by Gasteiger charge is -1.82. The van der Waals surface area contributed by atoms with Crippen molar-refractivity contribution < 1.29 is 0 Å². The summed E-state index contributed by atoms with van der Waals surface area (Å²) in [6.07, 6.45) is 0. The number of rotatable bonds is 1. The molecule has 0 radical (unpaired) electrons. The van der Waals surface area contributed by atoms with Crippen molar-refractivity contribution in [3.05, 3.63) is 12.2 Å². The van der Waals surface area contributed by atoms with Gasteiger partial charge in [0.15, 0.2) is 0 Å². The van der Waals surface area contributed by atoms with Crippen LogP contribution in [-0.2, 0) is 0 Å². The predicted molar refractivity (Wildman–Crippen MR) is 33.3 cm³/mol. The molecule has 0 aromatic rings. The second kappa shape index (κ2) is 2.32. The third-order valence-electron chi connectivity index (χ3n) is 0.336. The first-order chi connectivity index (χ1) is 2.64. The molecule has 0 spiro atoms. The zero-order chi connectivity index (χ0) is 5.15. The third kappa shape index (κ3) is 2.36. The zero-order valence-corrected chi connectivity index (χ0v) is 5.07. The Morgan fingerprint density at radius 1 is 1.83 bits per heavy atom. The molecule has 0 fully saturated rings. The van der Waals surface area contributed by atoms with E-state index >= 15 is 0 Å². The number of allylic oxidation sites excluding steroid dienone is 1. The van der Waals surface area contributed by atoms with Gasteiger partial charge in [-0.15, -0.1) is 0 Å². The molecule has 0 N–H and O–H groups in total. The van der Waals surface area contributed by atoms with Gasteiger partial charge in [-0.05, 0) is 12.5 Å². The van der Waals surface area contributed by atoms with E-state index in [1.165, 1.54) is 0 Å². The maximum atomic E-state index is 5.24. The Morgan fingerprint density at radius 3 is 2.00 bits per heavy atom. The molecule has 0 nitrogen and oxygen atoms in total. The summed E-state index contributed by atoms with van der Waals surface area (Å²) in [4.78, 5) is 0. The first-order valence-corrected chi connectivity index (χ1v) is 2.28. The smallest absolute Gasteiger partial charge is 0.0938 e. The molecule has 0 saturated heterocycles. The van der Waals surface area contributed by atoms with Gasteiger partial charge in [0, 0.05) is 0 Å². The van der Waals surface area contributed by atoms with Crippen LogP contribution in [0.25, 0.3) is 0 Å². The molecule has 0 atom stereocenters. The topological polar surface area (TPSA) is 0 Å². The number of hydrogen-bond donors (Lipinski definition) is 0. The van der Waals surface area contributed by atoms with E-state index in [2.05, 4.69) is 18.8 Å². The fourth-order valence-electron chi connectivity index (χ4n) is 0. The second-order valence-electron chi connectivity index (χ2n) is 1.05. The molecule has 0 aromatic heterocycles. The summed E-state index contributed by atoms with van der Waals surface area (Å²) in [7, 11) is 0. The van der Waals surface area contributed by atoms with Crippen molar-refractivity contribution in [2.75, 3.05) is 0 Å². The van der Waals surface area contributed by atoms with Crippen LogP contribution in [0.3, 0.4) is 0 Å². The van der Waals surface area contributed by atoms with Gasteiger partial charge >= 0.3 is 0 Å². The van der Waals surface area contributed by atoms with Crippen LogP contribution >= 0.6 is 23.8 Å². The molecule has 0 aliphatic heterocycles. The third-order valence-corrected chi connectivity index (χ3v) is 1.01. The predicted octanol–water partition coefficient (Wildman–Crippen LogP) is 2.13. The van der Waals surface area contributed by atoms with Gasteiger partial charge in [-0.25, -0.2) is 0 Å². The van der Waals surface area contributed by atoms with Crippen LogP contribution in [0.1, 0.15) is 6.92 Å². The van der Waals surface area contributed by atoms with Crippen molar-refractivity contribution in [1.29, 1.82) is 0 Å². The summed E-state index contributed by atoms with van der Waals surface area (Å²) >= 11 is 9.73. The van der Waals surface area contributed by atoms with Crippen molar-refractivity contribution >= 4 is 28.1 Å². The monoisotopic (exact) mass is 120 g/mol. The fraction of sp³-hybridized carbons (Fsp3) is 0.250. The standard InChI is InChI=1S/C4H5ClS/c1-3(2)4(5)6/h1H2,2H3. The summed E-state index contributed by atoms with van der Waals surface area (Å²) < 4.78 is 0.370. The molecule has 0 aliphatic carbocycles. The van der Waals surface area contributed by atoms with Crippen molar-refractivity contribution in [2.24, 2.45) is 0 Å². The van der Waals surface area contributed by atoms with Gasteiger partial charge in [0.1, 0.15) is 4.32 Å². The molecular formula is C4H5ClS. The first kappa shape index (κ1) is 6.12. The van der Waals surface area contributed by atoms with E-state index in [-0.39, 0.29) is 0 Å². The summed E-state index contributed by atoms with van der Waals surface area (Å²) in [5, 5.41) is 0. The number of hydrogen-bond acceptors (Lipinski definition) is 1. The molecule has 0 bridgehead atoms. The molecule has 0 unspecified atom stereocenters. The fourth-order valence-corrected chi connectivity index (χ4v) is 0.